The number of imide groups is 1. The van der Waals surface area contributed by atoms with E-state index < -0.39 is 11.8 Å². The molecular weight excluding hydrogens is 422 g/mol. The van der Waals surface area contributed by atoms with Crippen molar-refractivity contribution in [1.29, 1.82) is 0 Å². The molecule has 4 rings (SSSR count). The zero-order chi connectivity index (χ0) is 23.5. The summed E-state index contributed by atoms with van der Waals surface area (Å²) in [6.45, 7) is 0.197. The lowest BCUT2D eigenvalue weighted by Gasteiger charge is -2.16. The second-order valence-corrected chi connectivity index (χ2v) is 7.52. The first-order chi connectivity index (χ1) is 15.9. The SMILES string of the molecule is COc1ccc(CN2C(=O)c3ccccc3C2=O)cc1C(=O)NCc1cccc(C(N)=O)c1. The number of hydrogen-bond donors (Lipinski definition) is 2. The van der Waals surface area contributed by atoms with Crippen molar-refractivity contribution in [3.63, 3.8) is 0 Å². The number of nitrogens with two attached hydrogens (primary N) is 1. The first kappa shape index (κ1) is 21.8. The summed E-state index contributed by atoms with van der Waals surface area (Å²) in [5.74, 6) is -1.34. The minimum absolute atomic E-state index is 0.0251. The minimum Gasteiger partial charge on any atom is -0.496 e. The number of rotatable bonds is 7. The monoisotopic (exact) mass is 443 g/mol. The van der Waals surface area contributed by atoms with Crippen LogP contribution >= 0.6 is 0 Å². The summed E-state index contributed by atoms with van der Waals surface area (Å²) in [5, 5.41) is 2.79. The fourth-order valence-electron chi connectivity index (χ4n) is 3.71. The van der Waals surface area contributed by atoms with Gasteiger partial charge in [-0.15, -0.1) is 0 Å². The third kappa shape index (κ3) is 4.31. The number of fused-ring (bicyclic) bond motifs is 1. The summed E-state index contributed by atoms with van der Waals surface area (Å²) in [6, 6.07) is 18.2. The molecule has 0 atom stereocenters. The van der Waals surface area contributed by atoms with E-state index in [4.69, 9.17) is 10.5 Å². The van der Waals surface area contributed by atoms with Crippen LogP contribution in [-0.4, -0.2) is 35.6 Å². The van der Waals surface area contributed by atoms with Gasteiger partial charge in [0.05, 0.1) is 30.3 Å². The first-order valence-corrected chi connectivity index (χ1v) is 10.2. The van der Waals surface area contributed by atoms with E-state index in [2.05, 4.69) is 5.32 Å². The summed E-state index contributed by atoms with van der Waals surface area (Å²) in [7, 11) is 1.45. The Kier molecular flexibility index (Phi) is 5.91. The van der Waals surface area contributed by atoms with Gasteiger partial charge < -0.3 is 15.8 Å². The number of primary amides is 1. The van der Waals surface area contributed by atoms with Crippen molar-refractivity contribution < 1.29 is 23.9 Å². The quantitative estimate of drug-likeness (QED) is 0.544. The second kappa shape index (κ2) is 8.96. The maximum atomic E-state index is 12.9. The second-order valence-electron chi connectivity index (χ2n) is 7.52. The Bertz CT molecular complexity index is 1250. The lowest BCUT2D eigenvalue weighted by molar-refractivity contribution is 0.0642. The third-order valence-electron chi connectivity index (χ3n) is 5.39. The zero-order valence-corrected chi connectivity index (χ0v) is 17.8. The van der Waals surface area contributed by atoms with Crippen LogP contribution in [0.3, 0.4) is 0 Å². The van der Waals surface area contributed by atoms with E-state index in [1.165, 1.54) is 7.11 Å². The number of amides is 4. The van der Waals surface area contributed by atoms with Gasteiger partial charge in [-0.3, -0.25) is 24.1 Å². The minimum atomic E-state index is -0.550. The van der Waals surface area contributed by atoms with E-state index in [0.717, 1.165) is 4.90 Å². The van der Waals surface area contributed by atoms with E-state index in [9.17, 15) is 19.2 Å². The highest BCUT2D eigenvalue weighted by molar-refractivity contribution is 6.21. The van der Waals surface area contributed by atoms with Crippen molar-refractivity contribution in [3.8, 4) is 5.75 Å². The van der Waals surface area contributed by atoms with Gasteiger partial charge in [0.15, 0.2) is 0 Å². The number of carbonyl (C=O) groups excluding carboxylic acids is 4. The van der Waals surface area contributed by atoms with Gasteiger partial charge in [0.2, 0.25) is 5.91 Å². The summed E-state index contributed by atoms with van der Waals surface area (Å²) >= 11 is 0. The molecule has 3 aromatic carbocycles. The molecule has 0 saturated carbocycles. The van der Waals surface area contributed by atoms with Crippen LogP contribution in [0.2, 0.25) is 0 Å². The average Bonchev–Trinajstić information content (AvgIpc) is 3.07. The molecule has 3 N–H and O–H groups in total. The Morgan fingerprint density at radius 2 is 1.61 bits per heavy atom. The van der Waals surface area contributed by atoms with Gasteiger partial charge >= 0.3 is 0 Å². The van der Waals surface area contributed by atoms with E-state index in [1.807, 2.05) is 0 Å². The number of hydrogen-bond acceptors (Lipinski definition) is 5. The molecule has 0 aromatic heterocycles. The van der Waals surface area contributed by atoms with Crippen molar-refractivity contribution in [2.24, 2.45) is 5.73 Å². The topological polar surface area (TPSA) is 119 Å². The van der Waals surface area contributed by atoms with Crippen LogP contribution in [0.25, 0.3) is 0 Å². The van der Waals surface area contributed by atoms with Crippen molar-refractivity contribution >= 4 is 23.6 Å². The van der Waals surface area contributed by atoms with Gasteiger partial charge in [-0.2, -0.15) is 0 Å². The molecule has 8 nitrogen and oxygen atoms in total. The highest BCUT2D eigenvalue weighted by atomic mass is 16.5. The van der Waals surface area contributed by atoms with Crippen LogP contribution in [0.4, 0.5) is 0 Å². The Morgan fingerprint density at radius 3 is 2.24 bits per heavy atom. The summed E-state index contributed by atoms with van der Waals surface area (Å²) in [4.78, 5) is 50.7. The maximum absolute atomic E-state index is 12.9. The molecule has 0 aliphatic carbocycles. The standard InChI is InChI=1S/C25H21N3O5/c1-33-21-10-9-16(14-28-24(31)18-7-2-3-8-19(18)25(28)32)12-20(21)23(30)27-13-15-5-4-6-17(11-15)22(26)29/h2-12H,13-14H2,1H3,(H2,26,29)(H,27,30). The molecule has 0 fully saturated rings. The van der Waals surface area contributed by atoms with Crippen molar-refractivity contribution in [3.05, 3.63) is 100 Å². The van der Waals surface area contributed by atoms with E-state index in [1.54, 1.807) is 66.7 Å². The van der Waals surface area contributed by atoms with Crippen LogP contribution in [0, 0.1) is 0 Å². The number of nitrogens with zero attached hydrogens (tertiary/aromatic N) is 1. The fourth-order valence-corrected chi connectivity index (χ4v) is 3.71. The molecule has 0 saturated heterocycles. The van der Waals surface area contributed by atoms with Gasteiger partial charge in [0.25, 0.3) is 17.7 Å². The molecule has 8 heteroatoms. The van der Waals surface area contributed by atoms with Gasteiger partial charge in [0, 0.05) is 12.1 Å². The normalized spacial score (nSPS) is 12.5. The van der Waals surface area contributed by atoms with Crippen LogP contribution in [0.1, 0.15) is 52.6 Å². The number of ether oxygens (including phenoxy) is 1. The summed E-state index contributed by atoms with van der Waals surface area (Å²) < 4.78 is 5.32. The first-order valence-electron chi connectivity index (χ1n) is 10.2. The maximum Gasteiger partial charge on any atom is 0.261 e. The van der Waals surface area contributed by atoms with Crippen LogP contribution in [0.5, 0.6) is 5.75 Å². The number of methoxy groups -OCH3 is 1. The van der Waals surface area contributed by atoms with Crippen LogP contribution in [0.15, 0.2) is 66.7 Å². The van der Waals surface area contributed by atoms with Crippen LogP contribution < -0.4 is 15.8 Å². The zero-order valence-electron chi connectivity index (χ0n) is 17.8. The van der Waals surface area contributed by atoms with Gasteiger partial charge in [0.1, 0.15) is 5.75 Å². The van der Waals surface area contributed by atoms with Crippen molar-refractivity contribution in [2.45, 2.75) is 13.1 Å². The van der Waals surface area contributed by atoms with Gasteiger partial charge in [-0.05, 0) is 47.5 Å². The molecule has 1 aliphatic rings. The third-order valence-corrected chi connectivity index (χ3v) is 5.39. The highest BCUT2D eigenvalue weighted by Gasteiger charge is 2.35. The molecule has 3 aromatic rings. The number of nitrogens with one attached hydrogen (secondary N) is 1. The smallest absolute Gasteiger partial charge is 0.261 e. The van der Waals surface area contributed by atoms with Crippen molar-refractivity contribution in [2.75, 3.05) is 7.11 Å². The van der Waals surface area contributed by atoms with E-state index in [-0.39, 0.29) is 30.5 Å². The molecule has 1 heterocycles. The lowest BCUT2D eigenvalue weighted by Crippen LogP contribution is -2.29. The predicted octanol–water partition coefficient (Wildman–Crippen LogP) is 2.52. The molecule has 33 heavy (non-hydrogen) atoms. The van der Waals surface area contributed by atoms with E-state index >= 15 is 0 Å². The van der Waals surface area contributed by atoms with Crippen LogP contribution in [-0.2, 0) is 13.1 Å². The summed E-state index contributed by atoms with van der Waals surface area (Å²) in [6.07, 6.45) is 0. The molecule has 0 unspecified atom stereocenters. The summed E-state index contributed by atoms with van der Waals surface area (Å²) in [5.41, 5.74) is 7.96. The lowest BCUT2D eigenvalue weighted by atomic mass is 10.1. The molecule has 0 bridgehead atoms. The highest BCUT2D eigenvalue weighted by Crippen LogP contribution is 2.26. The number of carbonyl (C=O) groups is 4. The molecule has 1 aliphatic heterocycles. The molecule has 4 amide bonds. The molecule has 166 valence electrons. The number of benzene rings is 3. The Labute approximate surface area is 190 Å². The Balaban J connectivity index is 1.52. The van der Waals surface area contributed by atoms with Gasteiger partial charge in [-0.25, -0.2) is 0 Å². The van der Waals surface area contributed by atoms with Gasteiger partial charge in [-0.1, -0.05) is 30.3 Å². The largest absolute Gasteiger partial charge is 0.496 e. The van der Waals surface area contributed by atoms with Crippen molar-refractivity contribution in [1.82, 2.24) is 10.2 Å². The predicted molar refractivity (Wildman–Crippen MR) is 120 cm³/mol. The molecule has 0 radical (unpaired) electrons. The fraction of sp³-hybridized carbons (Fsp3) is 0.120. The molecular formula is C25H21N3O5. The Hall–Kier alpha value is -4.46. The Morgan fingerprint density at radius 1 is 0.909 bits per heavy atom. The molecule has 0 spiro atoms. The van der Waals surface area contributed by atoms with E-state index in [0.29, 0.717) is 33.6 Å². The average molecular weight is 443 g/mol.